The number of carbonyl (C=O) groups excluding carboxylic acids is 1. The number of hydrogen-bond donors (Lipinski definition) is 0. The van der Waals surface area contributed by atoms with E-state index in [1.54, 1.807) is 43.6 Å². The molecule has 0 N–H and O–H groups in total. The molecule has 0 bridgehead atoms. The summed E-state index contributed by atoms with van der Waals surface area (Å²) in [6.45, 7) is 0.486. The van der Waals surface area contributed by atoms with Crippen LogP contribution in [0.3, 0.4) is 0 Å². The zero-order valence-electron chi connectivity index (χ0n) is 15.5. The Morgan fingerprint density at radius 3 is 2.36 bits per heavy atom. The second-order valence-corrected chi connectivity index (χ2v) is 6.52. The van der Waals surface area contributed by atoms with Crippen molar-refractivity contribution in [2.45, 2.75) is 6.54 Å². The highest BCUT2D eigenvalue weighted by Gasteiger charge is 2.17. The van der Waals surface area contributed by atoms with Crippen molar-refractivity contribution in [1.29, 1.82) is 0 Å². The van der Waals surface area contributed by atoms with E-state index in [4.69, 9.17) is 4.74 Å². The third-order valence-corrected chi connectivity index (χ3v) is 4.80. The number of hydrogen-bond acceptors (Lipinski definition) is 3. The number of para-hydroxylation sites is 2. The molecular formula is C24H19NO3. The van der Waals surface area contributed by atoms with E-state index in [0.29, 0.717) is 17.5 Å². The lowest BCUT2D eigenvalue weighted by atomic mass is 10.0. The number of ketones is 1. The molecule has 0 saturated carbocycles. The lowest BCUT2D eigenvalue weighted by Crippen LogP contribution is -2.20. The fourth-order valence-corrected chi connectivity index (χ4v) is 3.40. The lowest BCUT2D eigenvalue weighted by Gasteiger charge is -2.15. The molecule has 4 aromatic rings. The van der Waals surface area contributed by atoms with Gasteiger partial charge in [0, 0.05) is 22.7 Å². The number of nitrogens with zero attached hydrogens (tertiary/aromatic N) is 1. The normalized spacial score (nSPS) is 10.8. The summed E-state index contributed by atoms with van der Waals surface area (Å²) in [6.07, 6.45) is 1.66. The molecule has 0 spiro atoms. The molecule has 4 heteroatoms. The van der Waals surface area contributed by atoms with Gasteiger partial charge in [-0.15, -0.1) is 0 Å². The first-order chi connectivity index (χ1) is 13.7. The van der Waals surface area contributed by atoms with Crippen molar-refractivity contribution >= 4 is 16.7 Å². The first kappa shape index (κ1) is 17.7. The number of benzene rings is 3. The Bertz CT molecular complexity index is 1210. The van der Waals surface area contributed by atoms with Crippen molar-refractivity contribution in [3.63, 3.8) is 0 Å². The van der Waals surface area contributed by atoms with Crippen LogP contribution < -0.4 is 10.2 Å². The van der Waals surface area contributed by atoms with Crippen LogP contribution in [0.1, 0.15) is 21.5 Å². The number of methoxy groups -OCH3 is 1. The van der Waals surface area contributed by atoms with Crippen molar-refractivity contribution < 1.29 is 9.53 Å². The van der Waals surface area contributed by atoms with Crippen LogP contribution in [0.25, 0.3) is 10.9 Å². The first-order valence-electron chi connectivity index (χ1n) is 9.03. The molecule has 0 aliphatic heterocycles. The van der Waals surface area contributed by atoms with Gasteiger partial charge in [-0.1, -0.05) is 60.7 Å². The molecule has 0 amide bonds. The van der Waals surface area contributed by atoms with Gasteiger partial charge in [-0.05, 0) is 18.2 Å². The van der Waals surface area contributed by atoms with Crippen LogP contribution in [0.4, 0.5) is 0 Å². The predicted octanol–water partition coefficient (Wildman–Crippen LogP) is 4.29. The second-order valence-electron chi connectivity index (χ2n) is 6.52. The Labute approximate surface area is 162 Å². The molecule has 0 aliphatic rings. The fraction of sp³-hybridized carbons (Fsp3) is 0.0833. The fourth-order valence-electron chi connectivity index (χ4n) is 3.40. The molecule has 0 saturated heterocycles. The molecule has 138 valence electrons. The maximum Gasteiger partial charge on any atom is 0.200 e. The molecular weight excluding hydrogens is 350 g/mol. The predicted molar refractivity (Wildman–Crippen MR) is 110 cm³/mol. The molecule has 28 heavy (non-hydrogen) atoms. The minimum atomic E-state index is -0.273. The average Bonchev–Trinajstić information content (AvgIpc) is 2.76. The Morgan fingerprint density at radius 1 is 0.893 bits per heavy atom. The second kappa shape index (κ2) is 7.53. The van der Waals surface area contributed by atoms with Gasteiger partial charge in [-0.3, -0.25) is 9.59 Å². The Balaban J connectivity index is 1.90. The van der Waals surface area contributed by atoms with Crippen molar-refractivity contribution in [2.75, 3.05) is 7.11 Å². The van der Waals surface area contributed by atoms with E-state index in [2.05, 4.69) is 0 Å². The number of carbonyl (C=O) groups is 1. The van der Waals surface area contributed by atoms with E-state index in [0.717, 1.165) is 16.8 Å². The van der Waals surface area contributed by atoms with Gasteiger partial charge in [-0.25, -0.2) is 0 Å². The quantitative estimate of drug-likeness (QED) is 0.493. The Hall–Kier alpha value is -3.66. The van der Waals surface area contributed by atoms with Crippen molar-refractivity contribution in [3.05, 3.63) is 112 Å². The Kier molecular flexibility index (Phi) is 4.77. The minimum Gasteiger partial charge on any atom is -0.496 e. The first-order valence-corrected chi connectivity index (χ1v) is 9.03. The summed E-state index contributed by atoms with van der Waals surface area (Å²) in [4.78, 5) is 26.0. The van der Waals surface area contributed by atoms with E-state index >= 15 is 0 Å². The van der Waals surface area contributed by atoms with E-state index < -0.39 is 0 Å². The van der Waals surface area contributed by atoms with Gasteiger partial charge in [-0.2, -0.15) is 0 Å². The molecule has 0 radical (unpaired) electrons. The molecule has 1 heterocycles. The van der Waals surface area contributed by atoms with Gasteiger partial charge < -0.3 is 9.30 Å². The van der Waals surface area contributed by atoms with E-state index in [-0.39, 0.29) is 16.8 Å². The molecule has 0 atom stereocenters. The third kappa shape index (κ3) is 3.21. The largest absolute Gasteiger partial charge is 0.496 e. The van der Waals surface area contributed by atoms with E-state index in [1.165, 1.54) is 0 Å². The monoisotopic (exact) mass is 369 g/mol. The maximum absolute atomic E-state index is 13.0. The molecule has 3 aromatic carbocycles. The van der Waals surface area contributed by atoms with E-state index in [9.17, 15) is 9.59 Å². The number of pyridine rings is 1. The SMILES string of the molecule is COc1ccccc1Cn1cc(C(=O)c2ccccc2)c(=O)c2ccccc21. The van der Waals surface area contributed by atoms with Crippen LogP contribution in [0.2, 0.25) is 0 Å². The summed E-state index contributed by atoms with van der Waals surface area (Å²) in [6, 6.07) is 24.0. The number of aromatic nitrogens is 1. The van der Waals surface area contributed by atoms with E-state index in [1.807, 2.05) is 53.1 Å². The van der Waals surface area contributed by atoms with Gasteiger partial charge in [0.05, 0.1) is 24.7 Å². The minimum absolute atomic E-state index is 0.166. The highest BCUT2D eigenvalue weighted by atomic mass is 16.5. The standard InChI is InChI=1S/C24H19NO3/c1-28-22-14-8-5-11-18(22)15-25-16-20(23(26)17-9-3-2-4-10-17)24(27)19-12-6-7-13-21(19)25/h2-14,16H,15H2,1H3. The molecule has 1 aromatic heterocycles. The van der Waals surface area contributed by atoms with Gasteiger partial charge in [0.25, 0.3) is 0 Å². The third-order valence-electron chi connectivity index (χ3n) is 4.80. The molecule has 4 nitrogen and oxygen atoms in total. The average molecular weight is 369 g/mol. The van der Waals surface area contributed by atoms with Gasteiger partial charge in [0.15, 0.2) is 5.78 Å². The summed E-state index contributed by atoms with van der Waals surface area (Å²) in [5.74, 6) is 0.492. The van der Waals surface area contributed by atoms with Crippen LogP contribution >= 0.6 is 0 Å². The van der Waals surface area contributed by atoms with Crippen LogP contribution in [-0.2, 0) is 6.54 Å². The van der Waals surface area contributed by atoms with Crippen molar-refractivity contribution in [2.24, 2.45) is 0 Å². The highest BCUT2D eigenvalue weighted by Crippen LogP contribution is 2.21. The smallest absolute Gasteiger partial charge is 0.200 e. The number of fused-ring (bicyclic) bond motifs is 1. The zero-order valence-corrected chi connectivity index (χ0v) is 15.5. The molecule has 0 fully saturated rings. The van der Waals surface area contributed by atoms with Crippen LogP contribution in [-0.4, -0.2) is 17.5 Å². The summed E-state index contributed by atoms with van der Waals surface area (Å²) < 4.78 is 7.39. The maximum atomic E-state index is 13.0. The van der Waals surface area contributed by atoms with Crippen molar-refractivity contribution in [3.8, 4) is 5.75 Å². The van der Waals surface area contributed by atoms with Crippen LogP contribution in [0, 0.1) is 0 Å². The topological polar surface area (TPSA) is 48.3 Å². The molecule has 0 unspecified atom stereocenters. The number of ether oxygens (including phenoxy) is 1. The van der Waals surface area contributed by atoms with Gasteiger partial charge in [0.2, 0.25) is 5.43 Å². The van der Waals surface area contributed by atoms with Gasteiger partial charge >= 0.3 is 0 Å². The molecule has 4 rings (SSSR count). The summed E-state index contributed by atoms with van der Waals surface area (Å²) in [5, 5.41) is 0.527. The van der Waals surface area contributed by atoms with Crippen LogP contribution in [0.15, 0.2) is 89.9 Å². The highest BCUT2D eigenvalue weighted by molar-refractivity contribution is 6.10. The number of rotatable bonds is 5. The zero-order chi connectivity index (χ0) is 19.5. The van der Waals surface area contributed by atoms with Gasteiger partial charge in [0.1, 0.15) is 5.75 Å². The molecule has 0 aliphatic carbocycles. The van der Waals surface area contributed by atoms with Crippen molar-refractivity contribution in [1.82, 2.24) is 4.57 Å². The Morgan fingerprint density at radius 2 is 1.57 bits per heavy atom. The lowest BCUT2D eigenvalue weighted by molar-refractivity contribution is 0.103. The van der Waals surface area contributed by atoms with Crippen LogP contribution in [0.5, 0.6) is 5.75 Å². The summed E-state index contributed by atoms with van der Waals surface area (Å²) in [7, 11) is 1.63. The summed E-state index contributed by atoms with van der Waals surface area (Å²) in [5.41, 5.74) is 2.17. The summed E-state index contributed by atoms with van der Waals surface area (Å²) >= 11 is 0.